The van der Waals surface area contributed by atoms with Gasteiger partial charge in [0.2, 0.25) is 10.4 Å². The number of aliphatic hydroxyl groups excluding tert-OH is 1. The fraction of sp³-hybridized carbons (Fsp3) is 1.00. The molecule has 1 N–H and O–H groups in total. The molecule has 1 unspecified atom stereocenters. The fourth-order valence-electron chi connectivity index (χ4n) is 1.83. The average molecular weight is 334 g/mol. The van der Waals surface area contributed by atoms with Gasteiger partial charge < -0.3 is 14.4 Å². The molecular weight excluding hydrogens is 307 g/mol. The van der Waals surface area contributed by atoms with Crippen molar-refractivity contribution in [1.29, 1.82) is 0 Å². The van der Waals surface area contributed by atoms with E-state index in [0.29, 0.717) is 6.61 Å². The molecular formula is C13H27NaO6S. The third-order valence-corrected chi connectivity index (χ3v) is 3.41. The van der Waals surface area contributed by atoms with Gasteiger partial charge in [0.15, 0.2) is 0 Å². The summed E-state index contributed by atoms with van der Waals surface area (Å²) >= 11 is 0. The van der Waals surface area contributed by atoms with E-state index in [1.807, 2.05) is 0 Å². The third-order valence-electron chi connectivity index (χ3n) is 2.90. The van der Waals surface area contributed by atoms with Crippen LogP contribution in [-0.4, -0.2) is 44.0 Å². The minimum Gasteiger partial charge on any atom is -0.726 e. The Labute approximate surface area is 150 Å². The van der Waals surface area contributed by atoms with E-state index in [1.165, 1.54) is 38.5 Å². The summed E-state index contributed by atoms with van der Waals surface area (Å²) in [5.74, 6) is 0. The van der Waals surface area contributed by atoms with Gasteiger partial charge in [-0.15, -0.1) is 0 Å². The average Bonchev–Trinajstić information content (AvgIpc) is 2.38. The van der Waals surface area contributed by atoms with Crippen molar-refractivity contribution < 1.29 is 56.6 Å². The minimum atomic E-state index is -4.79. The van der Waals surface area contributed by atoms with Crippen molar-refractivity contribution in [1.82, 2.24) is 0 Å². The van der Waals surface area contributed by atoms with Crippen LogP contribution in [0, 0.1) is 0 Å². The molecule has 0 fully saturated rings. The molecule has 21 heavy (non-hydrogen) atoms. The standard InChI is InChI=1S/C13H28O6S.Na/c1-2-3-4-5-6-7-8-9-10-18-12-13(11-14)19-20(15,16)17;/h13-14H,2-12H2,1H3,(H,15,16,17);/q;+1/p-1. The van der Waals surface area contributed by atoms with E-state index in [9.17, 15) is 13.0 Å². The molecule has 0 radical (unpaired) electrons. The normalized spacial score (nSPS) is 12.9. The van der Waals surface area contributed by atoms with E-state index < -0.39 is 23.1 Å². The Morgan fingerprint density at radius 1 is 1.05 bits per heavy atom. The molecule has 8 heteroatoms. The first-order valence-corrected chi connectivity index (χ1v) is 8.65. The molecule has 0 aromatic carbocycles. The van der Waals surface area contributed by atoms with Crippen molar-refractivity contribution in [3.8, 4) is 0 Å². The Bertz CT molecular complexity index is 310. The molecule has 0 saturated heterocycles. The van der Waals surface area contributed by atoms with E-state index >= 15 is 0 Å². The molecule has 0 aliphatic heterocycles. The number of ether oxygens (including phenoxy) is 1. The molecule has 0 rings (SSSR count). The van der Waals surface area contributed by atoms with E-state index in [-0.39, 0.29) is 36.2 Å². The molecule has 0 aromatic heterocycles. The van der Waals surface area contributed by atoms with Crippen molar-refractivity contribution in [3.05, 3.63) is 0 Å². The summed E-state index contributed by atoms with van der Waals surface area (Å²) in [6.45, 7) is 2.03. The smallest absolute Gasteiger partial charge is 0.726 e. The second-order valence-electron chi connectivity index (χ2n) is 4.86. The van der Waals surface area contributed by atoms with E-state index in [0.717, 1.165) is 12.8 Å². The fourth-order valence-corrected chi connectivity index (χ4v) is 2.28. The van der Waals surface area contributed by atoms with Crippen molar-refractivity contribution >= 4 is 10.4 Å². The maximum atomic E-state index is 10.3. The molecule has 0 aliphatic rings. The maximum Gasteiger partial charge on any atom is 1.00 e. The largest absolute Gasteiger partial charge is 1.00 e. The number of rotatable bonds is 14. The Hall–Kier alpha value is 0.790. The molecule has 0 bridgehead atoms. The summed E-state index contributed by atoms with van der Waals surface area (Å²) < 4.78 is 40.3. The van der Waals surface area contributed by atoms with Crippen LogP contribution in [0.25, 0.3) is 0 Å². The van der Waals surface area contributed by atoms with Crippen molar-refractivity contribution in [3.63, 3.8) is 0 Å². The van der Waals surface area contributed by atoms with E-state index in [2.05, 4.69) is 11.1 Å². The van der Waals surface area contributed by atoms with Gasteiger partial charge >= 0.3 is 29.6 Å². The van der Waals surface area contributed by atoms with Crippen LogP contribution in [0.3, 0.4) is 0 Å². The quantitative estimate of drug-likeness (QED) is 0.189. The van der Waals surface area contributed by atoms with Crippen LogP contribution in [0.2, 0.25) is 0 Å². The van der Waals surface area contributed by atoms with Crippen LogP contribution in [-0.2, 0) is 19.3 Å². The monoisotopic (exact) mass is 334 g/mol. The SMILES string of the molecule is CCCCCCCCCCOCC(CO)OS(=O)(=O)[O-].[Na+]. The molecule has 0 aliphatic carbocycles. The molecule has 1 atom stereocenters. The van der Waals surface area contributed by atoms with Crippen LogP contribution in [0.5, 0.6) is 0 Å². The molecule has 0 saturated carbocycles. The van der Waals surface area contributed by atoms with Gasteiger partial charge in [-0.2, -0.15) is 0 Å². The number of hydrogen-bond acceptors (Lipinski definition) is 6. The number of unbranched alkanes of at least 4 members (excludes halogenated alkanes) is 7. The van der Waals surface area contributed by atoms with Gasteiger partial charge in [0.05, 0.1) is 13.2 Å². The minimum absolute atomic E-state index is 0. The van der Waals surface area contributed by atoms with Gasteiger partial charge in [-0.1, -0.05) is 51.9 Å². The summed E-state index contributed by atoms with van der Waals surface area (Å²) in [6.07, 6.45) is 8.37. The van der Waals surface area contributed by atoms with Gasteiger partial charge in [-0.25, -0.2) is 8.42 Å². The molecule has 6 nitrogen and oxygen atoms in total. The maximum absolute atomic E-state index is 10.3. The molecule has 0 spiro atoms. The summed E-state index contributed by atoms with van der Waals surface area (Å²) in [5.41, 5.74) is 0. The Kier molecular flexibility index (Phi) is 18.0. The first kappa shape index (κ1) is 24.0. The summed E-state index contributed by atoms with van der Waals surface area (Å²) in [5, 5.41) is 8.82. The number of hydrogen-bond donors (Lipinski definition) is 1. The van der Waals surface area contributed by atoms with E-state index in [4.69, 9.17) is 9.84 Å². The molecule has 0 aromatic rings. The summed E-state index contributed by atoms with van der Waals surface area (Å²) in [7, 11) is -4.79. The molecule has 0 amide bonds. The van der Waals surface area contributed by atoms with Gasteiger partial charge in [-0.05, 0) is 6.42 Å². The predicted octanol–water partition coefficient (Wildman–Crippen LogP) is -1.01. The number of aliphatic hydroxyl groups is 1. The zero-order valence-electron chi connectivity index (χ0n) is 13.3. The van der Waals surface area contributed by atoms with Gasteiger partial charge in [0.1, 0.15) is 6.10 Å². The van der Waals surface area contributed by atoms with Crippen molar-refractivity contribution in [2.24, 2.45) is 0 Å². The summed E-state index contributed by atoms with van der Waals surface area (Å²) in [6, 6.07) is 0. The van der Waals surface area contributed by atoms with Crippen LogP contribution < -0.4 is 29.6 Å². The Balaban J connectivity index is 0. The molecule has 0 heterocycles. The first-order valence-electron chi connectivity index (χ1n) is 7.32. The second-order valence-corrected chi connectivity index (χ2v) is 5.87. The van der Waals surface area contributed by atoms with Crippen LogP contribution in [0.15, 0.2) is 0 Å². The van der Waals surface area contributed by atoms with Gasteiger partial charge in [0, 0.05) is 6.61 Å². The van der Waals surface area contributed by atoms with Gasteiger partial charge in [0.25, 0.3) is 0 Å². The van der Waals surface area contributed by atoms with E-state index in [1.54, 1.807) is 0 Å². The zero-order valence-corrected chi connectivity index (χ0v) is 16.1. The predicted molar refractivity (Wildman–Crippen MR) is 75.1 cm³/mol. The summed E-state index contributed by atoms with van der Waals surface area (Å²) in [4.78, 5) is 0. The third kappa shape index (κ3) is 18.7. The first-order chi connectivity index (χ1) is 9.49. The van der Waals surface area contributed by atoms with Crippen LogP contribution in [0.1, 0.15) is 58.3 Å². The molecule has 122 valence electrons. The van der Waals surface area contributed by atoms with Crippen molar-refractivity contribution in [2.75, 3.05) is 19.8 Å². The van der Waals surface area contributed by atoms with Crippen LogP contribution >= 0.6 is 0 Å². The van der Waals surface area contributed by atoms with Crippen molar-refractivity contribution in [2.45, 2.75) is 64.4 Å². The van der Waals surface area contributed by atoms with Gasteiger partial charge in [-0.3, -0.25) is 4.18 Å². The Morgan fingerprint density at radius 2 is 1.57 bits per heavy atom. The van der Waals surface area contributed by atoms with Crippen LogP contribution in [0.4, 0.5) is 0 Å². The second kappa shape index (κ2) is 15.7. The zero-order chi connectivity index (χ0) is 15.3. The topological polar surface area (TPSA) is 95.9 Å². The Morgan fingerprint density at radius 3 is 2.05 bits per heavy atom.